The summed E-state index contributed by atoms with van der Waals surface area (Å²) >= 11 is 1.91. The number of hydrogen-bond acceptors (Lipinski definition) is 2. The van der Waals surface area contributed by atoms with Crippen LogP contribution in [0.15, 0.2) is 0 Å². The maximum Gasteiger partial charge on any atom is 0.0143 e. The van der Waals surface area contributed by atoms with Crippen LogP contribution >= 0.6 is 11.8 Å². The highest BCUT2D eigenvalue weighted by Crippen LogP contribution is 2.04. The van der Waals surface area contributed by atoms with Crippen LogP contribution in [0.5, 0.6) is 0 Å². The molecule has 0 aliphatic rings. The Balaban J connectivity index is 3.10. The zero-order chi connectivity index (χ0) is 6.57. The molecular formula is C6H15NS. The first-order valence-electron chi connectivity index (χ1n) is 2.84. The van der Waals surface area contributed by atoms with Crippen molar-refractivity contribution in [2.45, 2.75) is 12.2 Å². The smallest absolute Gasteiger partial charge is 0.0143 e. The topological polar surface area (TPSA) is 3.24 Å². The molecule has 0 aromatic heterocycles. The second-order valence-electron chi connectivity index (χ2n) is 2.31. The van der Waals surface area contributed by atoms with E-state index in [-0.39, 0.29) is 0 Å². The third-order valence-corrected chi connectivity index (χ3v) is 1.98. The van der Waals surface area contributed by atoms with Crippen molar-refractivity contribution in [3.63, 3.8) is 0 Å². The van der Waals surface area contributed by atoms with Crippen molar-refractivity contribution in [1.29, 1.82) is 0 Å². The fourth-order valence-corrected chi connectivity index (χ4v) is 1.04. The summed E-state index contributed by atoms with van der Waals surface area (Å²) in [7, 11) is 4.21. The molecule has 0 N–H and O–H groups in total. The minimum atomic E-state index is 0.769. The Bertz CT molecular complexity index is 54.5. The van der Waals surface area contributed by atoms with Gasteiger partial charge in [0.05, 0.1) is 0 Å². The van der Waals surface area contributed by atoms with Crippen molar-refractivity contribution in [2.75, 3.05) is 26.9 Å². The fourth-order valence-electron chi connectivity index (χ4n) is 0.589. The van der Waals surface area contributed by atoms with Gasteiger partial charge in [0.25, 0.3) is 0 Å². The van der Waals surface area contributed by atoms with Crippen molar-refractivity contribution in [3.8, 4) is 0 Å². The van der Waals surface area contributed by atoms with Crippen molar-refractivity contribution in [3.05, 3.63) is 0 Å². The first-order valence-corrected chi connectivity index (χ1v) is 4.13. The van der Waals surface area contributed by atoms with Crippen molar-refractivity contribution in [2.24, 2.45) is 0 Å². The Morgan fingerprint density at radius 2 is 2.00 bits per heavy atom. The Kier molecular flexibility index (Phi) is 4.38. The van der Waals surface area contributed by atoms with E-state index in [4.69, 9.17) is 0 Å². The van der Waals surface area contributed by atoms with Gasteiger partial charge in [-0.15, -0.1) is 0 Å². The minimum Gasteiger partial charge on any atom is -0.308 e. The SMILES string of the molecule is CSC(C)CN(C)C. The van der Waals surface area contributed by atoms with E-state index in [2.05, 4.69) is 32.2 Å². The molecule has 0 spiro atoms. The summed E-state index contributed by atoms with van der Waals surface area (Å²) in [5.41, 5.74) is 0. The molecule has 1 unspecified atom stereocenters. The molecule has 0 rings (SSSR count). The predicted molar refractivity (Wildman–Crippen MR) is 41.5 cm³/mol. The Morgan fingerprint density at radius 1 is 1.50 bits per heavy atom. The van der Waals surface area contributed by atoms with Gasteiger partial charge in [-0.3, -0.25) is 0 Å². The molecule has 0 heterocycles. The molecule has 0 bridgehead atoms. The molecule has 1 atom stereocenters. The van der Waals surface area contributed by atoms with E-state index in [0.29, 0.717) is 0 Å². The van der Waals surface area contributed by atoms with Gasteiger partial charge in [0, 0.05) is 11.8 Å². The molecule has 0 aromatic rings. The van der Waals surface area contributed by atoms with Crippen LogP contribution in [0.4, 0.5) is 0 Å². The summed E-state index contributed by atoms with van der Waals surface area (Å²) in [4.78, 5) is 2.21. The average molecular weight is 133 g/mol. The molecule has 0 saturated heterocycles. The highest BCUT2D eigenvalue weighted by atomic mass is 32.2. The predicted octanol–water partition coefficient (Wildman–Crippen LogP) is 1.30. The molecule has 8 heavy (non-hydrogen) atoms. The molecule has 0 aliphatic carbocycles. The molecule has 0 aliphatic heterocycles. The van der Waals surface area contributed by atoms with Crippen LogP contribution in [0.2, 0.25) is 0 Å². The van der Waals surface area contributed by atoms with Gasteiger partial charge in [0.2, 0.25) is 0 Å². The molecule has 50 valence electrons. The van der Waals surface area contributed by atoms with Crippen LogP contribution in [0, 0.1) is 0 Å². The van der Waals surface area contributed by atoms with Gasteiger partial charge in [0.1, 0.15) is 0 Å². The summed E-state index contributed by atoms with van der Waals surface area (Å²) in [5, 5.41) is 0.769. The largest absolute Gasteiger partial charge is 0.308 e. The van der Waals surface area contributed by atoms with Gasteiger partial charge in [0.15, 0.2) is 0 Å². The van der Waals surface area contributed by atoms with E-state index in [9.17, 15) is 0 Å². The van der Waals surface area contributed by atoms with Gasteiger partial charge >= 0.3 is 0 Å². The van der Waals surface area contributed by atoms with Crippen LogP contribution in [-0.2, 0) is 0 Å². The molecule has 0 amide bonds. The number of thioether (sulfide) groups is 1. The van der Waals surface area contributed by atoms with E-state index >= 15 is 0 Å². The third kappa shape index (κ3) is 4.47. The lowest BCUT2D eigenvalue weighted by atomic mass is 10.4. The monoisotopic (exact) mass is 133 g/mol. The first kappa shape index (κ1) is 8.31. The molecule has 1 nitrogen and oxygen atoms in total. The van der Waals surface area contributed by atoms with Crippen LogP contribution in [0.1, 0.15) is 6.92 Å². The molecule has 0 aromatic carbocycles. The van der Waals surface area contributed by atoms with E-state index in [1.54, 1.807) is 0 Å². The lowest BCUT2D eigenvalue weighted by Crippen LogP contribution is -2.20. The number of rotatable bonds is 3. The summed E-state index contributed by atoms with van der Waals surface area (Å²) in [5.74, 6) is 0. The van der Waals surface area contributed by atoms with Gasteiger partial charge in [-0.2, -0.15) is 11.8 Å². The van der Waals surface area contributed by atoms with Crippen LogP contribution in [0.3, 0.4) is 0 Å². The van der Waals surface area contributed by atoms with E-state index in [1.165, 1.54) is 6.54 Å². The number of hydrogen-bond donors (Lipinski definition) is 0. The lowest BCUT2D eigenvalue weighted by molar-refractivity contribution is 0.414. The standard InChI is InChI=1S/C6H15NS/c1-6(8-4)5-7(2)3/h6H,5H2,1-4H3. The second kappa shape index (κ2) is 4.21. The van der Waals surface area contributed by atoms with E-state index in [1.807, 2.05) is 11.8 Å². The Hall–Kier alpha value is 0.310. The fraction of sp³-hybridized carbons (Fsp3) is 1.00. The molecule has 0 radical (unpaired) electrons. The van der Waals surface area contributed by atoms with Gasteiger partial charge in [-0.25, -0.2) is 0 Å². The minimum absolute atomic E-state index is 0.769. The Morgan fingerprint density at radius 3 is 2.12 bits per heavy atom. The van der Waals surface area contributed by atoms with Gasteiger partial charge in [-0.05, 0) is 20.4 Å². The summed E-state index contributed by atoms with van der Waals surface area (Å²) < 4.78 is 0. The average Bonchev–Trinajstić information content (AvgIpc) is 1.65. The summed E-state index contributed by atoms with van der Waals surface area (Å²) in [6.45, 7) is 3.42. The zero-order valence-electron chi connectivity index (χ0n) is 6.14. The molecule has 2 heteroatoms. The van der Waals surface area contributed by atoms with Gasteiger partial charge in [-0.1, -0.05) is 6.92 Å². The van der Waals surface area contributed by atoms with E-state index < -0.39 is 0 Å². The van der Waals surface area contributed by atoms with E-state index in [0.717, 1.165) is 5.25 Å². The van der Waals surface area contributed by atoms with Crippen LogP contribution in [-0.4, -0.2) is 37.0 Å². The first-order chi connectivity index (χ1) is 3.66. The zero-order valence-corrected chi connectivity index (χ0v) is 6.96. The highest BCUT2D eigenvalue weighted by molar-refractivity contribution is 7.99. The van der Waals surface area contributed by atoms with Crippen LogP contribution in [0.25, 0.3) is 0 Å². The number of nitrogens with zero attached hydrogens (tertiary/aromatic N) is 1. The van der Waals surface area contributed by atoms with Crippen molar-refractivity contribution < 1.29 is 0 Å². The Labute approximate surface area is 56.4 Å². The second-order valence-corrected chi connectivity index (χ2v) is 3.58. The summed E-state index contributed by atoms with van der Waals surface area (Å²) in [6, 6.07) is 0. The normalized spacial score (nSPS) is 14.6. The third-order valence-electron chi connectivity index (χ3n) is 1.02. The van der Waals surface area contributed by atoms with Crippen molar-refractivity contribution in [1.82, 2.24) is 4.90 Å². The quantitative estimate of drug-likeness (QED) is 0.571. The van der Waals surface area contributed by atoms with Gasteiger partial charge < -0.3 is 4.90 Å². The summed E-state index contributed by atoms with van der Waals surface area (Å²) in [6.07, 6.45) is 2.15. The molecular weight excluding hydrogens is 118 g/mol. The molecule has 0 fully saturated rings. The molecule has 0 saturated carbocycles. The maximum absolute atomic E-state index is 2.24. The highest BCUT2D eigenvalue weighted by Gasteiger charge is 1.98. The van der Waals surface area contributed by atoms with Crippen LogP contribution < -0.4 is 0 Å². The van der Waals surface area contributed by atoms with Crippen molar-refractivity contribution >= 4 is 11.8 Å². The lowest BCUT2D eigenvalue weighted by Gasteiger charge is -2.13. The maximum atomic E-state index is 2.24.